The van der Waals surface area contributed by atoms with E-state index in [1.165, 1.54) is 24.3 Å². The van der Waals surface area contributed by atoms with Gasteiger partial charge in [-0.05, 0) is 219 Å². The van der Waals surface area contributed by atoms with Crippen molar-refractivity contribution in [2.45, 2.75) is 142 Å². The fraction of sp³-hybridized carbons (Fsp3) is 0.361. The van der Waals surface area contributed by atoms with E-state index < -0.39 is 39.8 Å². The number of nitrogens with two attached hydrogens (primary N) is 1. The lowest BCUT2D eigenvalue weighted by Gasteiger charge is -2.31. The van der Waals surface area contributed by atoms with E-state index in [-0.39, 0.29) is 67.3 Å². The van der Waals surface area contributed by atoms with Crippen molar-refractivity contribution < 1.29 is 47.7 Å². The minimum atomic E-state index is -1.51. The number of aromatic nitrogens is 2. The van der Waals surface area contributed by atoms with Crippen molar-refractivity contribution in [3.63, 3.8) is 0 Å². The number of benzene rings is 4. The summed E-state index contributed by atoms with van der Waals surface area (Å²) in [5.74, 6) is -1.05. The lowest BCUT2D eigenvalue weighted by atomic mass is 9.87. The smallest absolute Gasteiger partial charge is 0.408 e. The van der Waals surface area contributed by atoms with E-state index >= 15 is 0 Å². The Morgan fingerprint density at radius 3 is 1.38 bits per heavy atom. The first kappa shape index (κ1) is 60.0. The van der Waals surface area contributed by atoms with Crippen LogP contribution in [0, 0.1) is 11.6 Å². The monoisotopic (exact) mass is 1090 g/mol. The van der Waals surface area contributed by atoms with Gasteiger partial charge >= 0.3 is 6.09 Å². The average molecular weight is 1090 g/mol. The number of halogens is 3. The van der Waals surface area contributed by atoms with Gasteiger partial charge in [0, 0.05) is 64.9 Å². The van der Waals surface area contributed by atoms with Crippen molar-refractivity contribution >= 4 is 53.3 Å². The molecule has 4 heterocycles. The number of carbonyl (C=O) groups excluding carboxylic acids is 5. The molecule has 0 bridgehead atoms. The maximum Gasteiger partial charge on any atom is 0.408 e. The van der Waals surface area contributed by atoms with Crippen molar-refractivity contribution in [2.24, 2.45) is 5.73 Å². The van der Waals surface area contributed by atoms with Crippen molar-refractivity contribution in [1.82, 2.24) is 15.3 Å². The molecule has 8 rings (SSSR count). The summed E-state index contributed by atoms with van der Waals surface area (Å²) in [6.45, 7) is 15.9. The summed E-state index contributed by atoms with van der Waals surface area (Å²) in [5, 5.41) is 31.5. The lowest BCUT2D eigenvalue weighted by molar-refractivity contribution is -0.117. The third-order valence-corrected chi connectivity index (χ3v) is 13.6. The molecule has 0 fully saturated rings. The molecule has 2 aliphatic heterocycles. The summed E-state index contributed by atoms with van der Waals surface area (Å²) in [4.78, 5) is 71.3. The van der Waals surface area contributed by atoms with Crippen LogP contribution >= 0.6 is 12.4 Å². The molecule has 4 aromatic carbocycles. The molecule has 6 aromatic rings. The Labute approximate surface area is 460 Å². The number of nitrogens with zero attached hydrogens (tertiary/aromatic N) is 2. The highest BCUT2D eigenvalue weighted by Gasteiger charge is 2.33. The fourth-order valence-corrected chi connectivity index (χ4v) is 8.89. The first-order chi connectivity index (χ1) is 35.9. The number of carbonyl (C=O) groups is 5. The van der Waals surface area contributed by atoms with Gasteiger partial charge in [-0.15, -0.1) is 12.4 Å². The van der Waals surface area contributed by atoms with Gasteiger partial charge in [-0.1, -0.05) is 0 Å². The van der Waals surface area contributed by atoms with E-state index in [2.05, 4.69) is 20.9 Å². The zero-order chi connectivity index (χ0) is 56.3. The number of pyridine rings is 2. The normalized spacial score (nSPS) is 14.8. The Morgan fingerprint density at radius 1 is 0.590 bits per heavy atom. The molecule has 412 valence electrons. The van der Waals surface area contributed by atoms with Crippen LogP contribution in [0.2, 0.25) is 0 Å². The summed E-state index contributed by atoms with van der Waals surface area (Å²) in [7, 11) is 0. The van der Waals surface area contributed by atoms with Crippen molar-refractivity contribution in [3.05, 3.63) is 166 Å². The van der Waals surface area contributed by atoms with Crippen LogP contribution in [0.1, 0.15) is 155 Å². The fourth-order valence-electron chi connectivity index (χ4n) is 8.89. The van der Waals surface area contributed by atoms with Crippen molar-refractivity contribution in [1.29, 1.82) is 0 Å². The number of rotatable bonds is 15. The van der Waals surface area contributed by atoms with E-state index in [9.17, 15) is 43.0 Å². The van der Waals surface area contributed by atoms with Gasteiger partial charge in [0.05, 0.1) is 28.3 Å². The average Bonchev–Trinajstić information content (AvgIpc) is 3.41. The van der Waals surface area contributed by atoms with E-state index in [4.69, 9.17) is 15.5 Å². The highest BCUT2D eigenvalue weighted by molar-refractivity contribution is 6.00. The lowest BCUT2D eigenvalue weighted by Crippen LogP contribution is -2.44. The number of ketones is 2. The molecule has 7 N–H and O–H groups in total. The largest absolute Gasteiger partial charge is 0.444 e. The first-order valence-electron chi connectivity index (χ1n) is 25.7. The Kier molecular flexibility index (Phi) is 18.3. The molecule has 78 heavy (non-hydrogen) atoms. The molecule has 2 unspecified atom stereocenters. The molecular formula is C61H69ClF2N6O8. The van der Waals surface area contributed by atoms with Gasteiger partial charge in [0.25, 0.3) is 0 Å². The Bertz CT molecular complexity index is 3220. The number of Topliss-reactive ketones (excluding diaryl/α,β-unsaturated/α-hetero) is 2. The van der Waals surface area contributed by atoms with Crippen LogP contribution in [0.5, 0.6) is 0 Å². The third-order valence-electron chi connectivity index (χ3n) is 13.6. The van der Waals surface area contributed by atoms with E-state index in [1.54, 1.807) is 121 Å². The predicted molar refractivity (Wildman–Crippen MR) is 299 cm³/mol. The molecule has 0 aliphatic carbocycles. The van der Waals surface area contributed by atoms with Crippen LogP contribution in [0.15, 0.2) is 109 Å². The minimum Gasteiger partial charge on any atom is -0.444 e. The van der Waals surface area contributed by atoms with Gasteiger partial charge in [0.2, 0.25) is 11.8 Å². The van der Waals surface area contributed by atoms with E-state index in [1.807, 2.05) is 26.0 Å². The summed E-state index contributed by atoms with van der Waals surface area (Å²) in [6.07, 6.45) is 1.73. The topological polar surface area (TPSA) is 223 Å². The molecule has 17 heteroatoms. The zero-order valence-corrected chi connectivity index (χ0v) is 46.3. The number of anilines is 2. The number of ether oxygens (including phenoxy) is 1. The first-order valence-corrected chi connectivity index (χ1v) is 25.7. The van der Waals surface area contributed by atoms with Crippen LogP contribution in [0.3, 0.4) is 0 Å². The predicted octanol–water partition coefficient (Wildman–Crippen LogP) is 11.7. The minimum absolute atomic E-state index is 0. The quantitative estimate of drug-likeness (QED) is 0.0531. The standard InChI is InChI=1S/C33H38FN3O5.C28H30FN3O3.ClH/c1-31(2,3)42-30(40)37-32(4,5)23-18-26(20-7-11-24(34)12-8-20)35-28(19-23)33(6,41)16-15-27(38)22-9-13-25-21(17-22)10-14-29(39)36-25;1-27(2,30)20-15-23(17-4-8-21(29)9-5-17)31-25(16-20)28(3,35)13-12-24(33)19-6-10-22-18(14-19)7-11-26(34)32-22;/h7-9,11-13,17-19,41H,10,14-16H2,1-6H3,(H,36,39)(H,37,40);4-6,8-10,14-16,35H,7,11-13,30H2,1-3H3,(H,32,34);1H. The summed E-state index contributed by atoms with van der Waals surface area (Å²) in [6, 6.07) is 29.4. The number of fused-ring (bicyclic) bond motifs is 2. The van der Waals surface area contributed by atoms with Crippen LogP contribution in [-0.4, -0.2) is 55.3 Å². The molecule has 14 nitrogen and oxygen atoms in total. The molecule has 2 aromatic heterocycles. The number of aliphatic hydroxyl groups is 2. The summed E-state index contributed by atoms with van der Waals surface area (Å²) >= 11 is 0. The van der Waals surface area contributed by atoms with E-state index in [0.717, 1.165) is 22.4 Å². The second-order valence-electron chi connectivity index (χ2n) is 22.5. The van der Waals surface area contributed by atoms with Crippen LogP contribution in [-0.2, 0) is 49.4 Å². The van der Waals surface area contributed by atoms with Gasteiger partial charge in [-0.3, -0.25) is 19.2 Å². The number of aryl methyl sites for hydroxylation is 2. The number of hydrogen-bond acceptors (Lipinski definition) is 11. The van der Waals surface area contributed by atoms with Gasteiger partial charge < -0.3 is 36.6 Å². The molecule has 0 saturated carbocycles. The zero-order valence-electron chi connectivity index (χ0n) is 45.5. The second kappa shape index (κ2) is 23.8. The molecule has 0 saturated heterocycles. The number of alkyl carbamates (subject to hydrolysis) is 1. The SMILES string of the molecule is CC(C)(C)OC(=O)NC(C)(C)c1cc(-c2ccc(F)cc2)nc(C(C)(O)CCC(=O)c2ccc3c(c2)CCC(=O)N3)c1.CC(C)(N)c1cc(-c2ccc(F)cc2)nc(C(C)(O)CCC(=O)c2ccc3c(c2)CCC(=O)N3)c1.Cl. The molecule has 0 radical (unpaired) electrons. The molecule has 3 amide bonds. The van der Waals surface area contributed by atoms with Gasteiger partial charge in [-0.25, -0.2) is 23.5 Å². The number of amides is 3. The van der Waals surface area contributed by atoms with Crippen molar-refractivity contribution in [3.8, 4) is 22.5 Å². The Morgan fingerprint density at radius 2 is 0.987 bits per heavy atom. The Balaban J connectivity index is 0.000000253. The molecular weight excluding hydrogens is 1020 g/mol. The maximum absolute atomic E-state index is 13.7. The highest BCUT2D eigenvalue weighted by atomic mass is 35.5. The number of nitrogens with one attached hydrogen (secondary N) is 3. The third kappa shape index (κ3) is 15.5. The Hall–Kier alpha value is -7.24. The maximum atomic E-state index is 13.7. The molecule has 2 atom stereocenters. The highest BCUT2D eigenvalue weighted by Crippen LogP contribution is 2.36. The van der Waals surface area contributed by atoms with Crippen LogP contribution in [0.4, 0.5) is 25.0 Å². The van der Waals surface area contributed by atoms with Crippen LogP contribution in [0.25, 0.3) is 22.5 Å². The van der Waals surface area contributed by atoms with Gasteiger partial charge in [0.1, 0.15) is 28.4 Å². The molecule has 2 aliphatic rings. The molecule has 0 spiro atoms. The summed E-state index contributed by atoms with van der Waals surface area (Å²) < 4.78 is 32.6. The second-order valence-corrected chi connectivity index (χ2v) is 22.5. The summed E-state index contributed by atoms with van der Waals surface area (Å²) in [5.41, 5.74) is 9.97. The van der Waals surface area contributed by atoms with Gasteiger partial charge in [-0.2, -0.15) is 0 Å². The van der Waals surface area contributed by atoms with Gasteiger partial charge in [0.15, 0.2) is 11.6 Å². The number of hydrogen-bond donors (Lipinski definition) is 6. The van der Waals surface area contributed by atoms with Crippen LogP contribution < -0.4 is 21.7 Å². The van der Waals surface area contributed by atoms with E-state index in [0.29, 0.717) is 82.0 Å². The van der Waals surface area contributed by atoms with Crippen molar-refractivity contribution in [2.75, 3.05) is 10.6 Å².